The van der Waals surface area contributed by atoms with Gasteiger partial charge in [0.25, 0.3) is 0 Å². The average molecular weight is 410 g/mol. The molecule has 1 amide bonds. The fourth-order valence-corrected chi connectivity index (χ4v) is 4.88. The summed E-state index contributed by atoms with van der Waals surface area (Å²) in [6.45, 7) is 6.23. The Labute approximate surface area is 163 Å². The summed E-state index contributed by atoms with van der Waals surface area (Å²) in [4.78, 5) is 16.1. The molecule has 1 aromatic heterocycles. The number of halogens is 1. The molecule has 1 atom stereocenters. The lowest BCUT2D eigenvalue weighted by molar-refractivity contribution is -0.132. The number of nitrogens with one attached hydrogen (secondary N) is 1. The monoisotopic (exact) mass is 410 g/mol. The summed E-state index contributed by atoms with van der Waals surface area (Å²) in [6.07, 6.45) is 0. The molecule has 152 valence electrons. The molecule has 0 radical (unpaired) electrons. The van der Waals surface area contributed by atoms with E-state index in [1.165, 1.54) is 26.8 Å². The van der Waals surface area contributed by atoms with E-state index in [4.69, 9.17) is 4.52 Å². The summed E-state index contributed by atoms with van der Waals surface area (Å²) >= 11 is 0. The molecule has 1 aliphatic rings. The lowest BCUT2D eigenvalue weighted by Gasteiger charge is -2.37. The topological polar surface area (TPSA) is 95.8 Å². The average Bonchev–Trinajstić information content (AvgIpc) is 3.00. The standard InChI is InChI=1S/C18H23FN4O4S/c1-12-17(14(3)27-20-12)28(25,26)21-13(2)18(24)23-10-8-22(9-11-23)16-7-5-4-6-15(16)19/h4-7,13,21H,8-11H2,1-3H3/t13-/m0/s1. The highest BCUT2D eigenvalue weighted by Gasteiger charge is 2.31. The summed E-state index contributed by atoms with van der Waals surface area (Å²) in [6, 6.07) is 5.55. The van der Waals surface area contributed by atoms with E-state index < -0.39 is 16.1 Å². The minimum atomic E-state index is -3.93. The second-order valence-corrected chi connectivity index (χ2v) is 8.41. The molecule has 2 aromatic rings. The Kier molecular flexibility index (Phi) is 5.71. The Hall–Kier alpha value is -2.46. The normalized spacial score (nSPS) is 16.3. The van der Waals surface area contributed by atoms with Crippen LogP contribution >= 0.6 is 0 Å². The summed E-state index contributed by atoms with van der Waals surface area (Å²) < 4.78 is 46.4. The molecule has 0 saturated carbocycles. The van der Waals surface area contributed by atoms with Crippen molar-refractivity contribution in [3.8, 4) is 0 Å². The molecule has 0 bridgehead atoms. The van der Waals surface area contributed by atoms with Gasteiger partial charge in [0.1, 0.15) is 16.4 Å². The van der Waals surface area contributed by atoms with Crippen molar-refractivity contribution in [3.63, 3.8) is 0 Å². The maximum absolute atomic E-state index is 13.9. The van der Waals surface area contributed by atoms with Gasteiger partial charge in [0.05, 0.1) is 11.7 Å². The van der Waals surface area contributed by atoms with Gasteiger partial charge in [-0.2, -0.15) is 4.72 Å². The third-order valence-electron chi connectivity index (χ3n) is 4.72. The van der Waals surface area contributed by atoms with E-state index in [-0.39, 0.29) is 28.1 Å². The molecule has 1 fully saturated rings. The highest BCUT2D eigenvalue weighted by Crippen LogP contribution is 2.21. The van der Waals surface area contributed by atoms with Crippen LogP contribution in [0.4, 0.5) is 10.1 Å². The number of anilines is 1. The number of nitrogens with zero attached hydrogens (tertiary/aromatic N) is 3. The molecule has 1 saturated heterocycles. The fourth-order valence-electron chi connectivity index (χ4n) is 3.35. The maximum Gasteiger partial charge on any atom is 0.246 e. The molecule has 1 aliphatic heterocycles. The van der Waals surface area contributed by atoms with Crippen LogP contribution in [0.2, 0.25) is 0 Å². The lowest BCUT2D eigenvalue weighted by Crippen LogP contribution is -2.54. The second-order valence-electron chi connectivity index (χ2n) is 6.76. The molecular weight excluding hydrogens is 387 g/mol. The van der Waals surface area contributed by atoms with E-state index in [9.17, 15) is 17.6 Å². The highest BCUT2D eigenvalue weighted by atomic mass is 32.2. The smallest absolute Gasteiger partial charge is 0.246 e. The molecular formula is C18H23FN4O4S. The molecule has 28 heavy (non-hydrogen) atoms. The Morgan fingerprint density at radius 3 is 2.43 bits per heavy atom. The third-order valence-corrected chi connectivity index (χ3v) is 6.51. The van der Waals surface area contributed by atoms with Gasteiger partial charge in [-0.3, -0.25) is 4.79 Å². The van der Waals surface area contributed by atoms with E-state index >= 15 is 0 Å². The van der Waals surface area contributed by atoms with Crippen molar-refractivity contribution in [1.82, 2.24) is 14.8 Å². The van der Waals surface area contributed by atoms with E-state index in [0.29, 0.717) is 31.9 Å². The number of aromatic nitrogens is 1. The molecule has 0 unspecified atom stereocenters. The van der Waals surface area contributed by atoms with Crippen LogP contribution in [0.5, 0.6) is 0 Å². The zero-order valence-electron chi connectivity index (χ0n) is 16.0. The quantitative estimate of drug-likeness (QED) is 0.802. The Morgan fingerprint density at radius 1 is 1.21 bits per heavy atom. The molecule has 1 aromatic carbocycles. The highest BCUT2D eigenvalue weighted by molar-refractivity contribution is 7.89. The van der Waals surface area contributed by atoms with Crippen LogP contribution in [-0.2, 0) is 14.8 Å². The molecule has 0 aliphatic carbocycles. The van der Waals surface area contributed by atoms with Gasteiger partial charge in [-0.15, -0.1) is 0 Å². The van der Waals surface area contributed by atoms with Crippen LogP contribution in [0.25, 0.3) is 0 Å². The summed E-state index contributed by atoms with van der Waals surface area (Å²) in [5.41, 5.74) is 0.741. The van der Waals surface area contributed by atoms with Crippen LogP contribution in [0.3, 0.4) is 0 Å². The van der Waals surface area contributed by atoms with Crippen molar-refractivity contribution in [2.45, 2.75) is 31.7 Å². The van der Waals surface area contributed by atoms with E-state index in [2.05, 4.69) is 9.88 Å². The Morgan fingerprint density at radius 2 is 1.86 bits per heavy atom. The predicted molar refractivity (Wildman–Crippen MR) is 101 cm³/mol. The number of carbonyl (C=O) groups excluding carboxylic acids is 1. The SMILES string of the molecule is Cc1noc(C)c1S(=O)(=O)N[C@@H](C)C(=O)N1CCN(c2ccccc2F)CC1. The largest absolute Gasteiger partial charge is 0.366 e. The number of aryl methyl sites for hydroxylation is 2. The maximum atomic E-state index is 13.9. The molecule has 1 N–H and O–H groups in total. The van der Waals surface area contributed by atoms with Crippen LogP contribution in [-0.4, -0.2) is 56.6 Å². The lowest BCUT2D eigenvalue weighted by atomic mass is 10.2. The van der Waals surface area contributed by atoms with Gasteiger partial charge in [0, 0.05) is 26.2 Å². The minimum absolute atomic E-state index is 0.0449. The van der Waals surface area contributed by atoms with Crippen molar-refractivity contribution in [3.05, 3.63) is 41.5 Å². The van der Waals surface area contributed by atoms with Gasteiger partial charge in [-0.05, 0) is 32.9 Å². The summed E-state index contributed by atoms with van der Waals surface area (Å²) in [5, 5.41) is 3.64. The molecule has 0 spiro atoms. The van der Waals surface area contributed by atoms with Gasteiger partial charge in [0.2, 0.25) is 15.9 Å². The van der Waals surface area contributed by atoms with Gasteiger partial charge in [0.15, 0.2) is 5.76 Å². The van der Waals surface area contributed by atoms with Crippen LogP contribution in [0.15, 0.2) is 33.7 Å². The van der Waals surface area contributed by atoms with E-state index in [0.717, 1.165) is 0 Å². The zero-order valence-corrected chi connectivity index (χ0v) is 16.8. The van der Waals surface area contributed by atoms with Crippen molar-refractivity contribution < 1.29 is 22.1 Å². The predicted octanol–water partition coefficient (Wildman–Crippen LogP) is 1.45. The molecule has 10 heteroatoms. The first-order valence-corrected chi connectivity index (χ1v) is 10.4. The number of amides is 1. The van der Waals surface area contributed by atoms with E-state index in [1.54, 1.807) is 23.1 Å². The van der Waals surface area contributed by atoms with E-state index in [1.807, 2.05) is 4.90 Å². The first kappa shape index (κ1) is 20.3. The zero-order chi connectivity index (χ0) is 20.5. The van der Waals surface area contributed by atoms with Crippen LogP contribution in [0.1, 0.15) is 18.4 Å². The summed E-state index contributed by atoms with van der Waals surface area (Å²) in [5.74, 6) is -0.463. The number of hydrogen-bond acceptors (Lipinski definition) is 6. The number of para-hydroxylation sites is 1. The Bertz CT molecular complexity index is 948. The number of rotatable bonds is 5. The van der Waals surface area contributed by atoms with Gasteiger partial charge >= 0.3 is 0 Å². The second kappa shape index (κ2) is 7.88. The number of benzene rings is 1. The van der Waals surface area contributed by atoms with Crippen LogP contribution in [0, 0.1) is 19.7 Å². The fraction of sp³-hybridized carbons (Fsp3) is 0.444. The molecule has 2 heterocycles. The summed E-state index contributed by atoms with van der Waals surface area (Å²) in [7, 11) is -3.93. The van der Waals surface area contributed by atoms with Crippen molar-refractivity contribution in [2.75, 3.05) is 31.1 Å². The molecule has 8 nitrogen and oxygen atoms in total. The van der Waals surface area contributed by atoms with Gasteiger partial charge < -0.3 is 14.3 Å². The third kappa shape index (κ3) is 4.02. The van der Waals surface area contributed by atoms with Gasteiger partial charge in [-0.25, -0.2) is 12.8 Å². The number of piperazine rings is 1. The minimum Gasteiger partial charge on any atom is -0.366 e. The number of sulfonamides is 1. The number of hydrogen-bond donors (Lipinski definition) is 1. The first-order valence-electron chi connectivity index (χ1n) is 8.94. The van der Waals surface area contributed by atoms with Crippen molar-refractivity contribution in [2.24, 2.45) is 0 Å². The number of carbonyl (C=O) groups is 1. The molecule has 3 rings (SSSR count). The van der Waals surface area contributed by atoms with Crippen molar-refractivity contribution >= 4 is 21.6 Å². The van der Waals surface area contributed by atoms with Gasteiger partial charge in [-0.1, -0.05) is 17.3 Å². The van der Waals surface area contributed by atoms with Crippen LogP contribution < -0.4 is 9.62 Å². The first-order chi connectivity index (χ1) is 13.2. The van der Waals surface area contributed by atoms with Crippen molar-refractivity contribution in [1.29, 1.82) is 0 Å². The Balaban J connectivity index is 1.63.